The van der Waals surface area contributed by atoms with Crippen LogP contribution in [0.5, 0.6) is 11.5 Å². The van der Waals surface area contributed by atoms with Crippen molar-refractivity contribution < 1.29 is 19.1 Å². The van der Waals surface area contributed by atoms with Crippen LogP contribution >= 0.6 is 27.5 Å². The summed E-state index contributed by atoms with van der Waals surface area (Å²) >= 11 is 9.43. The lowest BCUT2D eigenvalue weighted by atomic mass is 10.1. The standard InChI is InChI=1S/C17H15BrClN3O4/c1-22-9-11(18)8-13(22)17(24)21-20-15(23)3-2-10-6-12(19)16-14(7-10)25-4-5-26-16/h2-3,6-9H,4-5H2,1H3,(H,20,23)(H,21,24)/b3-2+. The summed E-state index contributed by atoms with van der Waals surface area (Å²) < 4.78 is 13.3. The molecular weight excluding hydrogens is 426 g/mol. The predicted octanol–water partition coefficient (Wildman–Crippen LogP) is 2.69. The zero-order valence-corrected chi connectivity index (χ0v) is 16.1. The molecule has 0 unspecified atom stereocenters. The molecule has 0 spiro atoms. The second-order valence-electron chi connectivity index (χ2n) is 5.46. The Kier molecular flexibility index (Phi) is 5.53. The number of ether oxygens (including phenoxy) is 2. The molecule has 0 saturated heterocycles. The molecule has 0 atom stereocenters. The zero-order chi connectivity index (χ0) is 18.7. The summed E-state index contributed by atoms with van der Waals surface area (Å²) in [6, 6.07) is 5.04. The molecule has 2 amide bonds. The summed E-state index contributed by atoms with van der Waals surface area (Å²) in [5.74, 6) is 0.117. The van der Waals surface area contributed by atoms with Crippen LogP contribution in [0.3, 0.4) is 0 Å². The van der Waals surface area contributed by atoms with Gasteiger partial charge in [0, 0.05) is 23.8 Å². The molecule has 1 aromatic heterocycles. The van der Waals surface area contributed by atoms with Gasteiger partial charge in [-0.3, -0.25) is 20.4 Å². The minimum atomic E-state index is -0.488. The van der Waals surface area contributed by atoms with Gasteiger partial charge in [-0.25, -0.2) is 0 Å². The Morgan fingerprint density at radius 2 is 2.00 bits per heavy atom. The summed E-state index contributed by atoms with van der Waals surface area (Å²) in [5.41, 5.74) is 5.75. The normalized spacial score (nSPS) is 12.9. The summed E-state index contributed by atoms with van der Waals surface area (Å²) in [4.78, 5) is 23.9. The van der Waals surface area contributed by atoms with Crippen LogP contribution in [-0.2, 0) is 11.8 Å². The third-order valence-corrected chi connectivity index (χ3v) is 4.26. The van der Waals surface area contributed by atoms with E-state index in [0.29, 0.717) is 41.0 Å². The highest BCUT2D eigenvalue weighted by Crippen LogP contribution is 2.38. The first-order valence-electron chi connectivity index (χ1n) is 7.63. The lowest BCUT2D eigenvalue weighted by Gasteiger charge is -2.19. The number of aryl methyl sites for hydroxylation is 1. The van der Waals surface area contributed by atoms with Crippen molar-refractivity contribution in [2.75, 3.05) is 13.2 Å². The molecule has 1 aliphatic rings. The van der Waals surface area contributed by atoms with Crippen LogP contribution in [0, 0.1) is 0 Å². The van der Waals surface area contributed by atoms with E-state index in [4.69, 9.17) is 21.1 Å². The van der Waals surface area contributed by atoms with Crippen molar-refractivity contribution in [3.05, 3.63) is 51.2 Å². The van der Waals surface area contributed by atoms with E-state index in [1.54, 1.807) is 42.1 Å². The van der Waals surface area contributed by atoms with Crippen molar-refractivity contribution in [2.24, 2.45) is 7.05 Å². The number of hydrogen-bond donors (Lipinski definition) is 2. The Morgan fingerprint density at radius 1 is 1.23 bits per heavy atom. The molecule has 26 heavy (non-hydrogen) atoms. The van der Waals surface area contributed by atoms with Crippen molar-refractivity contribution in [3.63, 3.8) is 0 Å². The fourth-order valence-electron chi connectivity index (χ4n) is 2.37. The molecule has 7 nitrogen and oxygen atoms in total. The van der Waals surface area contributed by atoms with Crippen molar-refractivity contribution in [3.8, 4) is 11.5 Å². The fourth-order valence-corrected chi connectivity index (χ4v) is 3.17. The van der Waals surface area contributed by atoms with Gasteiger partial charge in [0.25, 0.3) is 11.8 Å². The minimum Gasteiger partial charge on any atom is -0.486 e. The van der Waals surface area contributed by atoms with Crippen LogP contribution in [0.1, 0.15) is 16.1 Å². The Morgan fingerprint density at radius 3 is 2.73 bits per heavy atom. The van der Waals surface area contributed by atoms with Crippen LogP contribution in [0.25, 0.3) is 6.08 Å². The molecule has 0 saturated carbocycles. The summed E-state index contributed by atoms with van der Waals surface area (Å²) in [6.07, 6.45) is 4.58. The highest BCUT2D eigenvalue weighted by Gasteiger charge is 2.16. The first-order chi connectivity index (χ1) is 12.4. The van der Waals surface area contributed by atoms with E-state index in [2.05, 4.69) is 26.8 Å². The molecule has 9 heteroatoms. The maximum atomic E-state index is 12.0. The van der Waals surface area contributed by atoms with Crippen molar-refractivity contribution >= 4 is 45.4 Å². The lowest BCUT2D eigenvalue weighted by molar-refractivity contribution is -0.117. The second-order valence-corrected chi connectivity index (χ2v) is 6.78. The van der Waals surface area contributed by atoms with Gasteiger partial charge in [-0.05, 0) is 45.8 Å². The van der Waals surface area contributed by atoms with E-state index in [0.717, 1.165) is 4.47 Å². The van der Waals surface area contributed by atoms with E-state index >= 15 is 0 Å². The van der Waals surface area contributed by atoms with Crippen LogP contribution in [-0.4, -0.2) is 29.6 Å². The van der Waals surface area contributed by atoms with Gasteiger partial charge < -0.3 is 14.0 Å². The van der Waals surface area contributed by atoms with Gasteiger partial charge in [0.05, 0.1) is 5.02 Å². The smallest absolute Gasteiger partial charge is 0.286 e. The number of amides is 2. The van der Waals surface area contributed by atoms with Crippen LogP contribution in [0.15, 0.2) is 34.9 Å². The van der Waals surface area contributed by atoms with E-state index in [9.17, 15) is 9.59 Å². The maximum Gasteiger partial charge on any atom is 0.286 e. The Hall–Kier alpha value is -2.45. The molecule has 136 valence electrons. The van der Waals surface area contributed by atoms with Gasteiger partial charge in [0.1, 0.15) is 18.9 Å². The molecule has 0 radical (unpaired) electrons. The van der Waals surface area contributed by atoms with Gasteiger partial charge in [-0.2, -0.15) is 0 Å². The molecule has 1 aliphatic heterocycles. The molecule has 3 rings (SSSR count). The van der Waals surface area contributed by atoms with Crippen LogP contribution in [0.2, 0.25) is 5.02 Å². The lowest BCUT2D eigenvalue weighted by Crippen LogP contribution is -2.41. The average Bonchev–Trinajstić information content (AvgIpc) is 2.96. The first kappa shape index (κ1) is 18.3. The summed E-state index contributed by atoms with van der Waals surface area (Å²) in [5, 5.41) is 0.407. The number of benzene rings is 1. The Balaban J connectivity index is 1.60. The molecule has 2 aromatic rings. The van der Waals surface area contributed by atoms with Gasteiger partial charge in [-0.15, -0.1) is 0 Å². The average molecular weight is 441 g/mol. The highest BCUT2D eigenvalue weighted by atomic mass is 79.9. The number of hydrogen-bond acceptors (Lipinski definition) is 4. The highest BCUT2D eigenvalue weighted by molar-refractivity contribution is 9.10. The van der Waals surface area contributed by atoms with E-state index in [1.165, 1.54) is 6.08 Å². The van der Waals surface area contributed by atoms with Crippen LogP contribution in [0.4, 0.5) is 0 Å². The molecule has 2 N–H and O–H groups in total. The molecule has 0 fully saturated rings. The van der Waals surface area contributed by atoms with Gasteiger partial charge in [-0.1, -0.05) is 11.6 Å². The topological polar surface area (TPSA) is 81.6 Å². The van der Waals surface area contributed by atoms with Gasteiger partial charge >= 0.3 is 0 Å². The van der Waals surface area contributed by atoms with Crippen molar-refractivity contribution in [1.82, 2.24) is 15.4 Å². The summed E-state index contributed by atoms with van der Waals surface area (Å²) in [6.45, 7) is 0.889. The Labute approximate surface area is 163 Å². The molecule has 0 aliphatic carbocycles. The van der Waals surface area contributed by atoms with Crippen molar-refractivity contribution in [2.45, 2.75) is 0 Å². The SMILES string of the molecule is Cn1cc(Br)cc1C(=O)NNC(=O)/C=C/c1cc(Cl)c2c(c1)OCCO2. The maximum absolute atomic E-state index is 12.0. The number of nitrogens with one attached hydrogen (secondary N) is 2. The second kappa shape index (κ2) is 7.84. The fraction of sp³-hybridized carbons (Fsp3) is 0.176. The molecule has 1 aromatic carbocycles. The van der Waals surface area contributed by atoms with E-state index < -0.39 is 11.8 Å². The third-order valence-electron chi connectivity index (χ3n) is 3.55. The van der Waals surface area contributed by atoms with Gasteiger partial charge in [0.2, 0.25) is 0 Å². The number of rotatable bonds is 3. The first-order valence-corrected chi connectivity index (χ1v) is 8.80. The van der Waals surface area contributed by atoms with Crippen molar-refractivity contribution in [1.29, 1.82) is 0 Å². The summed E-state index contributed by atoms with van der Waals surface area (Å²) in [7, 11) is 1.73. The third kappa shape index (κ3) is 4.20. The van der Waals surface area contributed by atoms with Gasteiger partial charge in [0.15, 0.2) is 11.5 Å². The number of hydrazine groups is 1. The number of carbonyl (C=O) groups excluding carboxylic acids is 2. The number of halogens is 2. The minimum absolute atomic E-state index is 0.403. The van der Waals surface area contributed by atoms with Crippen LogP contribution < -0.4 is 20.3 Å². The largest absolute Gasteiger partial charge is 0.486 e. The molecule has 0 bridgehead atoms. The Bertz CT molecular complexity index is 894. The molecular formula is C17H15BrClN3O4. The van der Waals surface area contributed by atoms with E-state index in [-0.39, 0.29) is 0 Å². The number of fused-ring (bicyclic) bond motifs is 1. The number of nitrogens with zero attached hydrogens (tertiary/aromatic N) is 1. The van der Waals surface area contributed by atoms with E-state index in [1.807, 2.05) is 0 Å². The predicted molar refractivity (Wildman–Crippen MR) is 100 cm³/mol. The quantitative estimate of drug-likeness (QED) is 0.568. The molecule has 2 heterocycles. The number of aromatic nitrogens is 1. The zero-order valence-electron chi connectivity index (χ0n) is 13.7. The number of carbonyl (C=O) groups is 2. The monoisotopic (exact) mass is 439 g/mol.